The number of aromatic nitrogens is 2. The van der Waals surface area contributed by atoms with E-state index in [0.29, 0.717) is 23.0 Å². The van der Waals surface area contributed by atoms with Crippen LogP contribution in [0.5, 0.6) is 5.75 Å². The van der Waals surface area contributed by atoms with Crippen LogP contribution in [0.25, 0.3) is 11.5 Å². The molecule has 8 nitrogen and oxygen atoms in total. The zero-order chi connectivity index (χ0) is 19.5. The first kappa shape index (κ1) is 17.7. The highest BCUT2D eigenvalue weighted by Crippen LogP contribution is 2.31. The Labute approximate surface area is 161 Å². The summed E-state index contributed by atoms with van der Waals surface area (Å²) in [7, 11) is 0. The Hall–Kier alpha value is -3.68. The van der Waals surface area contributed by atoms with Crippen LogP contribution in [0.15, 0.2) is 59.3 Å². The van der Waals surface area contributed by atoms with Crippen LogP contribution in [-0.4, -0.2) is 34.7 Å². The summed E-state index contributed by atoms with van der Waals surface area (Å²) in [4.78, 5) is 26.5. The first-order valence-electron chi connectivity index (χ1n) is 8.82. The first-order chi connectivity index (χ1) is 13.6. The highest BCUT2D eigenvalue weighted by molar-refractivity contribution is 6.04. The Morgan fingerprint density at radius 3 is 2.79 bits per heavy atom. The number of rotatable bonds is 4. The Bertz CT molecular complexity index is 986. The van der Waals surface area contributed by atoms with Crippen LogP contribution >= 0.6 is 0 Å². The molecule has 1 aromatic heterocycles. The second-order valence-corrected chi connectivity index (χ2v) is 6.44. The minimum atomic E-state index is -0.278. The van der Waals surface area contributed by atoms with Crippen molar-refractivity contribution in [2.75, 3.05) is 16.8 Å². The van der Waals surface area contributed by atoms with E-state index in [1.54, 1.807) is 35.2 Å². The molecule has 4 rings (SSSR count). The van der Waals surface area contributed by atoms with Crippen LogP contribution < -0.4 is 15.0 Å². The molecule has 1 aliphatic rings. The first-order valence-corrected chi connectivity index (χ1v) is 8.82. The minimum absolute atomic E-state index is 0.118. The molecule has 3 aromatic rings. The molecule has 2 amide bonds. The molecule has 0 aliphatic carbocycles. The van der Waals surface area contributed by atoms with Gasteiger partial charge in [0.1, 0.15) is 5.75 Å². The summed E-state index contributed by atoms with van der Waals surface area (Å²) in [6.45, 7) is 1.70. The monoisotopic (exact) mass is 378 g/mol. The Morgan fingerprint density at radius 1 is 1.25 bits per heavy atom. The Kier molecular flexibility index (Phi) is 4.76. The van der Waals surface area contributed by atoms with E-state index in [-0.39, 0.29) is 30.9 Å². The molecule has 0 bridgehead atoms. The largest absolute Gasteiger partial charge is 0.484 e. The van der Waals surface area contributed by atoms with Gasteiger partial charge in [-0.25, -0.2) is 0 Å². The van der Waals surface area contributed by atoms with Gasteiger partial charge < -0.3 is 19.4 Å². The minimum Gasteiger partial charge on any atom is -0.484 e. The van der Waals surface area contributed by atoms with Crippen molar-refractivity contribution in [2.45, 2.75) is 19.4 Å². The number of nitrogens with one attached hydrogen (secondary N) is 1. The normalized spacial score (nSPS) is 16.1. The smallest absolute Gasteiger partial charge is 0.265 e. The second-order valence-electron chi connectivity index (χ2n) is 6.44. The number of fused-ring (bicyclic) bond motifs is 1. The summed E-state index contributed by atoms with van der Waals surface area (Å²) in [5, 5.41) is 10.3. The molecule has 142 valence electrons. The maximum atomic E-state index is 12.9. The van der Waals surface area contributed by atoms with Crippen LogP contribution in [0.2, 0.25) is 0 Å². The van der Waals surface area contributed by atoms with Crippen LogP contribution in [0.3, 0.4) is 0 Å². The molecule has 8 heteroatoms. The fourth-order valence-corrected chi connectivity index (χ4v) is 3.18. The molecule has 0 fully saturated rings. The number of hydrogen-bond acceptors (Lipinski definition) is 6. The Balaban J connectivity index is 1.48. The number of nitrogens with zero attached hydrogens (tertiary/aromatic N) is 3. The molecule has 1 aliphatic heterocycles. The molecule has 1 N–H and O–H groups in total. The van der Waals surface area contributed by atoms with Gasteiger partial charge >= 0.3 is 0 Å². The third kappa shape index (κ3) is 3.57. The summed E-state index contributed by atoms with van der Waals surface area (Å²) in [6.07, 6.45) is 1.48. The van der Waals surface area contributed by atoms with E-state index in [9.17, 15) is 9.59 Å². The van der Waals surface area contributed by atoms with Gasteiger partial charge in [0.2, 0.25) is 18.2 Å². The van der Waals surface area contributed by atoms with Gasteiger partial charge in [-0.05, 0) is 43.3 Å². The van der Waals surface area contributed by atoms with E-state index in [4.69, 9.17) is 9.15 Å². The van der Waals surface area contributed by atoms with E-state index >= 15 is 0 Å². The lowest BCUT2D eigenvalue weighted by Crippen LogP contribution is -2.41. The van der Waals surface area contributed by atoms with Gasteiger partial charge in [0.05, 0.1) is 11.4 Å². The third-order valence-electron chi connectivity index (χ3n) is 4.45. The SMILES string of the molecule is CC1CC(=O)Nc2ccccc2N1C(=O)COc1ccc(-c2nnco2)cc1. The summed E-state index contributed by atoms with van der Waals surface area (Å²) >= 11 is 0. The van der Waals surface area contributed by atoms with Gasteiger partial charge in [0.15, 0.2) is 6.61 Å². The second kappa shape index (κ2) is 7.51. The van der Waals surface area contributed by atoms with Crippen molar-refractivity contribution in [3.8, 4) is 17.2 Å². The van der Waals surface area contributed by atoms with Crippen molar-refractivity contribution in [2.24, 2.45) is 0 Å². The average molecular weight is 378 g/mol. The third-order valence-corrected chi connectivity index (χ3v) is 4.45. The standard InChI is InChI=1S/C20H18N4O4/c1-13-10-18(25)22-16-4-2-3-5-17(16)24(13)19(26)11-27-15-8-6-14(7-9-15)20-23-21-12-28-20/h2-9,12-13H,10-11H2,1H3,(H,22,25). The molecular formula is C20H18N4O4. The number of anilines is 2. The molecule has 28 heavy (non-hydrogen) atoms. The molecule has 2 aromatic carbocycles. The van der Waals surface area contributed by atoms with Gasteiger partial charge in [-0.15, -0.1) is 10.2 Å². The molecule has 1 atom stereocenters. The van der Waals surface area contributed by atoms with Gasteiger partial charge in [-0.1, -0.05) is 12.1 Å². The van der Waals surface area contributed by atoms with E-state index in [0.717, 1.165) is 5.56 Å². The maximum Gasteiger partial charge on any atom is 0.265 e. The number of hydrogen-bond donors (Lipinski definition) is 1. The number of carbonyl (C=O) groups excluding carboxylic acids is 2. The lowest BCUT2D eigenvalue weighted by Gasteiger charge is -2.27. The molecule has 0 saturated heterocycles. The quantitative estimate of drug-likeness (QED) is 0.750. The zero-order valence-corrected chi connectivity index (χ0v) is 15.2. The van der Waals surface area contributed by atoms with Crippen LogP contribution in [0.1, 0.15) is 13.3 Å². The predicted octanol–water partition coefficient (Wildman–Crippen LogP) is 2.88. The van der Waals surface area contributed by atoms with Crippen molar-refractivity contribution < 1.29 is 18.7 Å². The van der Waals surface area contributed by atoms with E-state index in [1.165, 1.54) is 6.39 Å². The molecular weight excluding hydrogens is 360 g/mol. The van der Waals surface area contributed by atoms with Crippen molar-refractivity contribution in [1.29, 1.82) is 0 Å². The van der Waals surface area contributed by atoms with Gasteiger partial charge in [0.25, 0.3) is 5.91 Å². The molecule has 1 unspecified atom stereocenters. The van der Waals surface area contributed by atoms with Crippen molar-refractivity contribution >= 4 is 23.2 Å². The number of amides is 2. The number of benzene rings is 2. The van der Waals surface area contributed by atoms with Crippen LogP contribution in [0.4, 0.5) is 11.4 Å². The molecule has 0 radical (unpaired) electrons. The number of ether oxygens (including phenoxy) is 1. The van der Waals surface area contributed by atoms with Crippen LogP contribution in [-0.2, 0) is 9.59 Å². The number of para-hydroxylation sites is 2. The number of carbonyl (C=O) groups is 2. The van der Waals surface area contributed by atoms with Crippen molar-refractivity contribution in [1.82, 2.24) is 10.2 Å². The fraction of sp³-hybridized carbons (Fsp3) is 0.200. The zero-order valence-electron chi connectivity index (χ0n) is 15.2. The lowest BCUT2D eigenvalue weighted by atomic mass is 10.1. The van der Waals surface area contributed by atoms with Crippen molar-refractivity contribution in [3.63, 3.8) is 0 Å². The van der Waals surface area contributed by atoms with Gasteiger partial charge in [-0.2, -0.15) is 0 Å². The Morgan fingerprint density at radius 2 is 2.04 bits per heavy atom. The van der Waals surface area contributed by atoms with Gasteiger partial charge in [-0.3, -0.25) is 9.59 Å². The van der Waals surface area contributed by atoms with Crippen molar-refractivity contribution in [3.05, 3.63) is 54.9 Å². The van der Waals surface area contributed by atoms with E-state index in [2.05, 4.69) is 15.5 Å². The maximum absolute atomic E-state index is 12.9. The van der Waals surface area contributed by atoms with Gasteiger partial charge in [0, 0.05) is 18.0 Å². The molecule has 0 saturated carbocycles. The topological polar surface area (TPSA) is 97.6 Å². The summed E-state index contributed by atoms with van der Waals surface area (Å²) in [5.41, 5.74) is 2.05. The summed E-state index contributed by atoms with van der Waals surface area (Å²) < 4.78 is 10.8. The summed E-state index contributed by atoms with van der Waals surface area (Å²) in [6, 6.07) is 14.0. The average Bonchev–Trinajstić information content (AvgIpc) is 3.19. The summed E-state index contributed by atoms with van der Waals surface area (Å²) in [5.74, 6) is 0.613. The molecule has 0 spiro atoms. The predicted molar refractivity (Wildman–Crippen MR) is 102 cm³/mol. The van der Waals surface area contributed by atoms with Crippen LogP contribution in [0, 0.1) is 0 Å². The van der Waals surface area contributed by atoms with E-state index in [1.807, 2.05) is 25.1 Å². The van der Waals surface area contributed by atoms with E-state index < -0.39 is 0 Å². The molecule has 2 heterocycles. The highest BCUT2D eigenvalue weighted by atomic mass is 16.5. The highest BCUT2D eigenvalue weighted by Gasteiger charge is 2.29. The lowest BCUT2D eigenvalue weighted by molar-refractivity contribution is -0.121. The fourth-order valence-electron chi connectivity index (χ4n) is 3.18.